The summed E-state index contributed by atoms with van der Waals surface area (Å²) in [5.41, 5.74) is 1.48. The first-order chi connectivity index (χ1) is 13.8. The Labute approximate surface area is 172 Å². The third kappa shape index (κ3) is 4.45. The lowest BCUT2D eigenvalue weighted by Gasteiger charge is -2.35. The first kappa shape index (κ1) is 21.3. The fourth-order valence-corrected chi connectivity index (χ4v) is 5.18. The van der Waals surface area contributed by atoms with Crippen molar-refractivity contribution < 1.29 is 17.9 Å². The lowest BCUT2D eigenvalue weighted by Crippen LogP contribution is -2.49. The van der Waals surface area contributed by atoms with Gasteiger partial charge in [-0.15, -0.1) is 0 Å². The van der Waals surface area contributed by atoms with Crippen LogP contribution in [0.5, 0.6) is 11.6 Å². The normalized spacial score (nSPS) is 15.4. The Morgan fingerprint density at radius 3 is 2.31 bits per heavy atom. The molecular formula is C20H28N4O4S. The lowest BCUT2D eigenvalue weighted by molar-refractivity contribution is 0.325. The number of aryl methyl sites for hydroxylation is 3. The molecule has 29 heavy (non-hydrogen) atoms. The van der Waals surface area contributed by atoms with Crippen LogP contribution in [0.1, 0.15) is 23.9 Å². The van der Waals surface area contributed by atoms with Gasteiger partial charge in [-0.25, -0.2) is 13.4 Å². The molecule has 1 aromatic heterocycles. The summed E-state index contributed by atoms with van der Waals surface area (Å²) in [5.74, 6) is 2.62. The number of rotatable bonds is 6. The molecule has 2 aromatic rings. The molecule has 0 spiro atoms. The van der Waals surface area contributed by atoms with Crippen molar-refractivity contribution in [3.63, 3.8) is 0 Å². The molecule has 158 valence electrons. The third-order valence-electron chi connectivity index (χ3n) is 4.97. The molecule has 8 nitrogen and oxygen atoms in total. The summed E-state index contributed by atoms with van der Waals surface area (Å²) in [5, 5.41) is 0. The molecule has 1 aliphatic rings. The Morgan fingerprint density at radius 1 is 1.00 bits per heavy atom. The van der Waals surface area contributed by atoms with Gasteiger partial charge in [0.05, 0.1) is 18.6 Å². The van der Waals surface area contributed by atoms with E-state index in [2.05, 4.69) is 14.9 Å². The molecule has 9 heteroatoms. The molecule has 1 aromatic carbocycles. The highest BCUT2D eigenvalue weighted by Gasteiger charge is 2.30. The topological polar surface area (TPSA) is 84.9 Å². The second-order valence-corrected chi connectivity index (χ2v) is 8.93. The number of piperazine rings is 1. The number of benzene rings is 1. The summed E-state index contributed by atoms with van der Waals surface area (Å²) < 4.78 is 38.8. The average molecular weight is 421 g/mol. The SMILES string of the molecule is CCOc1cc(N2CCN(S(=O)(=O)c3cc(C)c(OC)cc3C)CC2)nc(C)n1. The van der Waals surface area contributed by atoms with Crippen LogP contribution in [0.15, 0.2) is 23.1 Å². The Bertz CT molecular complexity index is 986. The van der Waals surface area contributed by atoms with E-state index in [0.29, 0.717) is 60.7 Å². The first-order valence-electron chi connectivity index (χ1n) is 9.65. The highest BCUT2D eigenvalue weighted by Crippen LogP contribution is 2.29. The van der Waals surface area contributed by atoms with Gasteiger partial charge in [-0.2, -0.15) is 9.29 Å². The van der Waals surface area contributed by atoms with Gasteiger partial charge in [-0.05, 0) is 51.0 Å². The molecule has 0 N–H and O–H groups in total. The van der Waals surface area contributed by atoms with Crippen LogP contribution in [-0.4, -0.2) is 62.6 Å². The van der Waals surface area contributed by atoms with Crippen LogP contribution in [0.3, 0.4) is 0 Å². The minimum absolute atomic E-state index is 0.334. The zero-order chi connectivity index (χ0) is 21.2. The molecule has 0 saturated carbocycles. The van der Waals surface area contributed by atoms with Gasteiger partial charge < -0.3 is 14.4 Å². The molecule has 1 fully saturated rings. The number of anilines is 1. The van der Waals surface area contributed by atoms with E-state index in [1.807, 2.05) is 20.8 Å². The predicted octanol–water partition coefficient (Wildman–Crippen LogP) is 2.32. The first-order valence-corrected chi connectivity index (χ1v) is 11.1. The third-order valence-corrected chi connectivity index (χ3v) is 7.01. The second-order valence-electron chi connectivity index (χ2n) is 7.02. The number of methoxy groups -OCH3 is 1. The Kier molecular flexibility index (Phi) is 6.28. The zero-order valence-corrected chi connectivity index (χ0v) is 18.4. The number of ether oxygens (including phenoxy) is 2. The molecule has 0 atom stereocenters. The summed E-state index contributed by atoms with van der Waals surface area (Å²) in [6.07, 6.45) is 0. The maximum Gasteiger partial charge on any atom is 0.243 e. The molecule has 0 radical (unpaired) electrons. The van der Waals surface area contributed by atoms with Crippen molar-refractivity contribution in [1.82, 2.24) is 14.3 Å². The van der Waals surface area contributed by atoms with Gasteiger partial charge >= 0.3 is 0 Å². The zero-order valence-electron chi connectivity index (χ0n) is 17.6. The second kappa shape index (κ2) is 8.54. The number of aromatic nitrogens is 2. The molecule has 0 bridgehead atoms. The van der Waals surface area contributed by atoms with E-state index >= 15 is 0 Å². The van der Waals surface area contributed by atoms with Crippen LogP contribution in [0, 0.1) is 20.8 Å². The fourth-order valence-electron chi connectivity index (χ4n) is 3.47. The van der Waals surface area contributed by atoms with Crippen molar-refractivity contribution in [3.05, 3.63) is 35.2 Å². The number of hydrogen-bond acceptors (Lipinski definition) is 7. The highest BCUT2D eigenvalue weighted by molar-refractivity contribution is 7.89. The van der Waals surface area contributed by atoms with E-state index in [1.54, 1.807) is 32.2 Å². The van der Waals surface area contributed by atoms with E-state index < -0.39 is 10.0 Å². The van der Waals surface area contributed by atoms with Gasteiger partial charge in [0.25, 0.3) is 0 Å². The summed E-state index contributed by atoms with van der Waals surface area (Å²) in [6.45, 7) is 9.78. The number of hydrogen-bond donors (Lipinski definition) is 0. The largest absolute Gasteiger partial charge is 0.496 e. The maximum absolute atomic E-state index is 13.2. The number of sulfonamides is 1. The minimum atomic E-state index is -3.58. The fraction of sp³-hybridized carbons (Fsp3) is 0.500. The van der Waals surface area contributed by atoms with E-state index in [4.69, 9.17) is 9.47 Å². The molecular weight excluding hydrogens is 392 g/mol. The Morgan fingerprint density at radius 2 is 1.69 bits per heavy atom. The van der Waals surface area contributed by atoms with Crippen LogP contribution in [-0.2, 0) is 10.0 Å². The van der Waals surface area contributed by atoms with Crippen LogP contribution in [0.4, 0.5) is 5.82 Å². The standard InChI is InChI=1S/C20H28N4O4S/c1-6-28-20-13-19(21-16(4)22-20)23-7-9-24(10-8-23)29(25,26)18-12-14(2)17(27-5)11-15(18)3/h11-13H,6-10H2,1-5H3. The van der Waals surface area contributed by atoms with Crippen molar-refractivity contribution in [2.45, 2.75) is 32.6 Å². The average Bonchev–Trinajstić information content (AvgIpc) is 2.69. The van der Waals surface area contributed by atoms with Gasteiger partial charge in [-0.3, -0.25) is 0 Å². The summed E-state index contributed by atoms with van der Waals surface area (Å²) in [6, 6.07) is 5.27. The summed E-state index contributed by atoms with van der Waals surface area (Å²) >= 11 is 0. The molecule has 1 aliphatic heterocycles. The van der Waals surface area contributed by atoms with Crippen LogP contribution in [0.25, 0.3) is 0 Å². The van der Waals surface area contributed by atoms with Crippen molar-refractivity contribution >= 4 is 15.8 Å². The van der Waals surface area contributed by atoms with Crippen molar-refractivity contribution in [1.29, 1.82) is 0 Å². The Balaban J connectivity index is 1.78. The van der Waals surface area contributed by atoms with Gasteiger partial charge in [0, 0.05) is 32.2 Å². The molecule has 2 heterocycles. The van der Waals surface area contributed by atoms with Gasteiger partial charge in [-0.1, -0.05) is 0 Å². The van der Waals surface area contributed by atoms with Crippen molar-refractivity contribution in [2.24, 2.45) is 0 Å². The monoisotopic (exact) mass is 420 g/mol. The predicted molar refractivity (Wildman–Crippen MR) is 111 cm³/mol. The molecule has 3 rings (SSSR count). The molecule has 0 unspecified atom stereocenters. The van der Waals surface area contributed by atoms with E-state index in [0.717, 1.165) is 11.4 Å². The maximum atomic E-state index is 13.2. The van der Waals surface area contributed by atoms with Crippen LogP contribution < -0.4 is 14.4 Å². The van der Waals surface area contributed by atoms with E-state index in [9.17, 15) is 8.42 Å². The van der Waals surface area contributed by atoms with Crippen molar-refractivity contribution in [2.75, 3.05) is 44.8 Å². The molecule has 0 aliphatic carbocycles. The smallest absolute Gasteiger partial charge is 0.243 e. The summed E-state index contributed by atoms with van der Waals surface area (Å²) in [7, 11) is -1.99. The van der Waals surface area contributed by atoms with Gasteiger partial charge in [0.1, 0.15) is 17.4 Å². The molecule has 1 saturated heterocycles. The van der Waals surface area contributed by atoms with Gasteiger partial charge in [0.2, 0.25) is 15.9 Å². The quantitative estimate of drug-likeness (QED) is 0.709. The highest BCUT2D eigenvalue weighted by atomic mass is 32.2. The lowest BCUT2D eigenvalue weighted by atomic mass is 10.1. The Hall–Kier alpha value is -2.39. The van der Waals surface area contributed by atoms with Crippen molar-refractivity contribution in [3.8, 4) is 11.6 Å². The number of nitrogens with zero attached hydrogens (tertiary/aromatic N) is 4. The van der Waals surface area contributed by atoms with E-state index in [1.165, 1.54) is 4.31 Å². The minimum Gasteiger partial charge on any atom is -0.496 e. The molecule has 0 amide bonds. The van der Waals surface area contributed by atoms with Crippen LogP contribution in [0.2, 0.25) is 0 Å². The van der Waals surface area contributed by atoms with Crippen LogP contribution >= 0.6 is 0 Å². The summed E-state index contributed by atoms with van der Waals surface area (Å²) in [4.78, 5) is 11.1. The van der Waals surface area contributed by atoms with E-state index in [-0.39, 0.29) is 0 Å². The van der Waals surface area contributed by atoms with Gasteiger partial charge in [0.15, 0.2) is 0 Å².